The second kappa shape index (κ2) is 11.4. The van der Waals surface area contributed by atoms with Crippen LogP contribution in [0.2, 0.25) is 0 Å². The molecular formula is C20H22BrN3O4S. The van der Waals surface area contributed by atoms with E-state index < -0.39 is 5.91 Å². The number of carbonyl (C=O) groups excluding carboxylic acids is 2. The molecule has 29 heavy (non-hydrogen) atoms. The number of ether oxygens (including phenoxy) is 2. The van der Waals surface area contributed by atoms with Gasteiger partial charge in [0.2, 0.25) is 5.91 Å². The van der Waals surface area contributed by atoms with Crippen molar-refractivity contribution in [2.45, 2.75) is 19.8 Å². The third-order valence-corrected chi connectivity index (χ3v) is 4.41. The zero-order chi connectivity index (χ0) is 21.2. The van der Waals surface area contributed by atoms with Gasteiger partial charge in [-0.25, -0.2) is 0 Å². The number of halogens is 1. The van der Waals surface area contributed by atoms with Crippen LogP contribution in [-0.4, -0.2) is 30.6 Å². The lowest BCUT2D eigenvalue weighted by molar-refractivity contribution is -0.121. The van der Waals surface area contributed by atoms with Gasteiger partial charge in [0, 0.05) is 4.47 Å². The van der Waals surface area contributed by atoms with Crippen molar-refractivity contribution >= 4 is 45.1 Å². The third-order valence-electron chi connectivity index (χ3n) is 3.71. The number of thiocarbonyl (C=S) groups is 1. The Bertz CT molecular complexity index is 875. The molecule has 2 amide bonds. The van der Waals surface area contributed by atoms with E-state index in [4.69, 9.17) is 21.7 Å². The second-order valence-electron chi connectivity index (χ2n) is 5.97. The van der Waals surface area contributed by atoms with E-state index in [-0.39, 0.29) is 17.4 Å². The zero-order valence-electron chi connectivity index (χ0n) is 16.1. The lowest BCUT2D eigenvalue weighted by atomic mass is 10.1. The zero-order valence-corrected chi connectivity index (χ0v) is 18.5. The fourth-order valence-corrected chi connectivity index (χ4v) is 2.82. The highest BCUT2D eigenvalue weighted by Crippen LogP contribution is 2.23. The van der Waals surface area contributed by atoms with Crippen LogP contribution in [0.1, 0.15) is 29.3 Å². The minimum Gasteiger partial charge on any atom is -0.497 e. The van der Waals surface area contributed by atoms with Crippen LogP contribution in [0.5, 0.6) is 11.5 Å². The molecule has 3 N–H and O–H groups in total. The molecule has 9 heteroatoms. The minimum absolute atomic E-state index is 0.0282. The molecule has 2 aromatic carbocycles. The molecule has 0 atom stereocenters. The van der Waals surface area contributed by atoms with E-state index in [2.05, 4.69) is 32.1 Å². The lowest BCUT2D eigenvalue weighted by Gasteiger charge is -2.13. The van der Waals surface area contributed by atoms with Gasteiger partial charge in [0.05, 0.1) is 25.7 Å². The van der Waals surface area contributed by atoms with Crippen LogP contribution in [0, 0.1) is 0 Å². The van der Waals surface area contributed by atoms with E-state index in [9.17, 15) is 9.59 Å². The summed E-state index contributed by atoms with van der Waals surface area (Å²) in [5, 5.41) is 2.50. The van der Waals surface area contributed by atoms with Crippen LogP contribution >= 0.6 is 28.1 Å². The topological polar surface area (TPSA) is 88.7 Å². The quantitative estimate of drug-likeness (QED) is 0.417. The molecule has 0 fully saturated rings. The molecule has 0 saturated carbocycles. The number of rotatable bonds is 7. The monoisotopic (exact) mass is 479 g/mol. The first-order valence-corrected chi connectivity index (χ1v) is 10.1. The van der Waals surface area contributed by atoms with Gasteiger partial charge in [0.25, 0.3) is 5.91 Å². The first kappa shape index (κ1) is 22.6. The molecule has 0 aliphatic carbocycles. The summed E-state index contributed by atoms with van der Waals surface area (Å²) >= 11 is 8.42. The van der Waals surface area contributed by atoms with Crippen LogP contribution in [0.25, 0.3) is 0 Å². The highest BCUT2D eigenvalue weighted by Gasteiger charge is 2.15. The van der Waals surface area contributed by atoms with Crippen molar-refractivity contribution in [3.05, 3.63) is 58.1 Å². The molecule has 2 aromatic rings. The fourth-order valence-electron chi connectivity index (χ4n) is 2.32. The maximum atomic E-state index is 12.5. The van der Waals surface area contributed by atoms with E-state index in [0.29, 0.717) is 23.7 Å². The average molecular weight is 480 g/mol. The molecule has 7 nitrogen and oxygen atoms in total. The number of hydrogen-bond donors (Lipinski definition) is 3. The Morgan fingerprint density at radius 1 is 1.10 bits per heavy atom. The van der Waals surface area contributed by atoms with E-state index >= 15 is 0 Å². The summed E-state index contributed by atoms with van der Waals surface area (Å²) in [6.45, 7) is 2.47. The molecule has 0 saturated heterocycles. The van der Waals surface area contributed by atoms with Crippen LogP contribution in [0.4, 0.5) is 0 Å². The molecular weight excluding hydrogens is 458 g/mol. The summed E-state index contributed by atoms with van der Waals surface area (Å²) in [5.74, 6) is 0.422. The van der Waals surface area contributed by atoms with E-state index in [1.54, 1.807) is 49.6 Å². The molecule has 0 spiro atoms. The van der Waals surface area contributed by atoms with Gasteiger partial charge in [0.15, 0.2) is 5.11 Å². The molecule has 0 unspecified atom stereocenters. The summed E-state index contributed by atoms with van der Waals surface area (Å²) in [4.78, 5) is 24.6. The van der Waals surface area contributed by atoms with E-state index in [1.165, 1.54) is 0 Å². The summed E-state index contributed by atoms with van der Waals surface area (Å²) in [6, 6.07) is 12.3. The van der Waals surface area contributed by atoms with Gasteiger partial charge < -0.3 is 9.47 Å². The van der Waals surface area contributed by atoms with Gasteiger partial charge in [-0.05, 0) is 54.5 Å². The number of hydrazine groups is 1. The van der Waals surface area contributed by atoms with Crippen LogP contribution in [-0.2, 0) is 11.2 Å². The molecule has 0 heterocycles. The van der Waals surface area contributed by atoms with Crippen LogP contribution in [0.3, 0.4) is 0 Å². The third kappa shape index (κ3) is 7.35. The van der Waals surface area contributed by atoms with Crippen LogP contribution in [0.15, 0.2) is 46.9 Å². The van der Waals surface area contributed by atoms with Crippen molar-refractivity contribution in [1.29, 1.82) is 0 Å². The summed E-state index contributed by atoms with van der Waals surface area (Å²) in [7, 11) is 1.58. The largest absolute Gasteiger partial charge is 0.497 e. The van der Waals surface area contributed by atoms with Gasteiger partial charge >= 0.3 is 0 Å². The smallest absolute Gasteiger partial charge is 0.261 e. The molecule has 0 aliphatic heterocycles. The number of hydrogen-bond acceptors (Lipinski definition) is 5. The highest BCUT2D eigenvalue weighted by molar-refractivity contribution is 9.10. The van der Waals surface area contributed by atoms with Gasteiger partial charge in [-0.2, -0.15) is 0 Å². The molecule has 154 valence electrons. The number of benzene rings is 2. The first-order chi connectivity index (χ1) is 13.9. The highest BCUT2D eigenvalue weighted by atomic mass is 79.9. The fraction of sp³-hybridized carbons (Fsp3) is 0.250. The molecule has 0 aliphatic rings. The van der Waals surface area contributed by atoms with Gasteiger partial charge in [-0.3, -0.25) is 25.8 Å². The normalized spacial score (nSPS) is 10.0. The maximum absolute atomic E-state index is 12.5. The van der Waals surface area contributed by atoms with Crippen molar-refractivity contribution in [3.8, 4) is 11.5 Å². The second-order valence-corrected chi connectivity index (χ2v) is 7.29. The van der Waals surface area contributed by atoms with Gasteiger partial charge in [0.1, 0.15) is 11.5 Å². The Hall–Kier alpha value is -2.65. The Morgan fingerprint density at radius 3 is 2.48 bits per heavy atom. The maximum Gasteiger partial charge on any atom is 0.261 e. The SMILES string of the molecule is CCCOc1ccc(Br)cc1C(=O)NC(=S)NNC(=O)Cc1ccc(OC)cc1. The van der Waals surface area contributed by atoms with Gasteiger partial charge in [-0.1, -0.05) is 35.0 Å². The molecule has 0 radical (unpaired) electrons. The first-order valence-electron chi connectivity index (χ1n) is 8.88. The number of carbonyl (C=O) groups is 2. The number of amides is 2. The van der Waals surface area contributed by atoms with Crippen LogP contribution < -0.4 is 25.6 Å². The predicted molar refractivity (Wildman–Crippen MR) is 118 cm³/mol. The van der Waals surface area contributed by atoms with Crippen molar-refractivity contribution in [2.24, 2.45) is 0 Å². The van der Waals surface area contributed by atoms with E-state index in [1.807, 2.05) is 6.92 Å². The Kier molecular flexibility index (Phi) is 8.88. The van der Waals surface area contributed by atoms with Gasteiger partial charge in [-0.15, -0.1) is 0 Å². The number of methoxy groups -OCH3 is 1. The average Bonchev–Trinajstić information content (AvgIpc) is 2.72. The van der Waals surface area contributed by atoms with Crippen molar-refractivity contribution in [3.63, 3.8) is 0 Å². The van der Waals surface area contributed by atoms with Crippen molar-refractivity contribution in [1.82, 2.24) is 16.2 Å². The Balaban J connectivity index is 1.87. The van der Waals surface area contributed by atoms with E-state index in [0.717, 1.165) is 16.5 Å². The molecule has 2 rings (SSSR count). The molecule has 0 bridgehead atoms. The van der Waals surface area contributed by atoms with Crippen molar-refractivity contribution in [2.75, 3.05) is 13.7 Å². The number of nitrogens with one attached hydrogen (secondary N) is 3. The Labute approximate surface area is 183 Å². The lowest BCUT2D eigenvalue weighted by Crippen LogP contribution is -2.48. The Morgan fingerprint density at radius 2 is 1.83 bits per heavy atom. The summed E-state index contributed by atoms with van der Waals surface area (Å²) < 4.78 is 11.4. The predicted octanol–water partition coefficient (Wildman–Crippen LogP) is 3.12. The minimum atomic E-state index is -0.445. The van der Waals surface area contributed by atoms with Crippen molar-refractivity contribution < 1.29 is 19.1 Å². The molecule has 0 aromatic heterocycles. The summed E-state index contributed by atoms with van der Waals surface area (Å²) in [5.41, 5.74) is 6.13. The summed E-state index contributed by atoms with van der Waals surface area (Å²) in [6.07, 6.45) is 0.964. The standard InChI is InChI=1S/C20H22BrN3O4S/c1-3-10-28-17-9-6-14(21)12-16(17)19(26)22-20(29)24-23-18(25)11-13-4-7-15(27-2)8-5-13/h4-9,12H,3,10-11H2,1-2H3,(H,23,25)(H2,22,24,26,29).